The van der Waals surface area contributed by atoms with Crippen LogP contribution in [0.15, 0.2) is 6.07 Å². The Kier molecular flexibility index (Phi) is 6.16. The second-order valence-electron chi connectivity index (χ2n) is 6.35. The molecule has 122 valence electrons. The van der Waals surface area contributed by atoms with Crippen LogP contribution in [-0.4, -0.2) is 40.4 Å². The molecule has 0 saturated carbocycles. The van der Waals surface area contributed by atoms with Crippen LogP contribution in [0.3, 0.4) is 0 Å². The first kappa shape index (κ1) is 16.7. The number of likely N-dealkylation sites (tertiary alicyclic amines) is 1. The van der Waals surface area contributed by atoms with Crippen LogP contribution in [0.1, 0.15) is 62.1 Å². The molecule has 0 spiro atoms. The van der Waals surface area contributed by atoms with Crippen LogP contribution < -0.4 is 5.32 Å². The minimum atomic E-state index is 0.0358. The summed E-state index contributed by atoms with van der Waals surface area (Å²) in [5, 5.41) is 3.23. The second kappa shape index (κ2) is 8.11. The molecule has 0 radical (unpaired) electrons. The highest BCUT2D eigenvalue weighted by atomic mass is 16.2. The van der Waals surface area contributed by atoms with Gasteiger partial charge in [-0.15, -0.1) is 0 Å². The molecular weight excluding hydrogens is 276 g/mol. The van der Waals surface area contributed by atoms with Gasteiger partial charge in [-0.25, -0.2) is 9.97 Å². The van der Waals surface area contributed by atoms with E-state index in [9.17, 15) is 4.79 Å². The number of aromatic nitrogens is 2. The molecule has 1 saturated heterocycles. The van der Waals surface area contributed by atoms with E-state index in [0.29, 0.717) is 17.6 Å². The van der Waals surface area contributed by atoms with Crippen molar-refractivity contribution in [1.82, 2.24) is 14.9 Å². The first-order valence-corrected chi connectivity index (χ1v) is 8.49. The van der Waals surface area contributed by atoms with Gasteiger partial charge < -0.3 is 10.2 Å². The number of nitrogens with one attached hydrogen (secondary N) is 1. The number of rotatable bonds is 6. The van der Waals surface area contributed by atoms with Crippen molar-refractivity contribution in [3.63, 3.8) is 0 Å². The SMILES string of the molecule is CCCCCNc1nc(C)cc(C(=O)N2CCCC(C)C2)n1. The number of hydrogen-bond acceptors (Lipinski definition) is 4. The fourth-order valence-electron chi connectivity index (χ4n) is 2.87. The minimum Gasteiger partial charge on any atom is -0.354 e. The van der Waals surface area contributed by atoms with Crippen molar-refractivity contribution in [2.45, 2.75) is 52.9 Å². The monoisotopic (exact) mass is 304 g/mol. The summed E-state index contributed by atoms with van der Waals surface area (Å²) in [6.07, 6.45) is 5.76. The number of piperidine rings is 1. The fraction of sp³-hybridized carbons (Fsp3) is 0.706. The van der Waals surface area contributed by atoms with Gasteiger partial charge in [0.1, 0.15) is 5.69 Å². The predicted molar refractivity (Wildman–Crippen MR) is 89.1 cm³/mol. The molecule has 2 heterocycles. The van der Waals surface area contributed by atoms with Crippen molar-refractivity contribution >= 4 is 11.9 Å². The number of amides is 1. The van der Waals surface area contributed by atoms with Crippen LogP contribution in [0.25, 0.3) is 0 Å². The molecule has 22 heavy (non-hydrogen) atoms. The third-order valence-electron chi connectivity index (χ3n) is 4.08. The topological polar surface area (TPSA) is 58.1 Å². The number of hydrogen-bond donors (Lipinski definition) is 1. The molecular formula is C17H28N4O. The zero-order valence-electron chi connectivity index (χ0n) is 14.1. The highest BCUT2D eigenvalue weighted by molar-refractivity contribution is 5.92. The number of carbonyl (C=O) groups excluding carboxylic acids is 1. The van der Waals surface area contributed by atoms with Gasteiger partial charge in [-0.05, 0) is 38.2 Å². The van der Waals surface area contributed by atoms with Crippen molar-refractivity contribution in [2.24, 2.45) is 5.92 Å². The zero-order chi connectivity index (χ0) is 15.9. The van der Waals surface area contributed by atoms with Gasteiger partial charge in [-0.1, -0.05) is 26.7 Å². The van der Waals surface area contributed by atoms with E-state index in [1.54, 1.807) is 6.07 Å². The first-order chi connectivity index (χ1) is 10.6. The Balaban J connectivity index is 2.03. The molecule has 1 fully saturated rings. The summed E-state index contributed by atoms with van der Waals surface area (Å²) in [5.41, 5.74) is 1.35. The largest absolute Gasteiger partial charge is 0.354 e. The van der Waals surface area contributed by atoms with Gasteiger partial charge in [0.15, 0.2) is 0 Å². The van der Waals surface area contributed by atoms with Gasteiger partial charge in [-0.2, -0.15) is 0 Å². The highest BCUT2D eigenvalue weighted by Crippen LogP contribution is 2.18. The molecule has 5 nitrogen and oxygen atoms in total. The lowest BCUT2D eigenvalue weighted by Crippen LogP contribution is -2.39. The van der Waals surface area contributed by atoms with Crippen LogP contribution in [0.5, 0.6) is 0 Å². The van der Waals surface area contributed by atoms with E-state index in [-0.39, 0.29) is 5.91 Å². The van der Waals surface area contributed by atoms with Gasteiger partial charge >= 0.3 is 0 Å². The maximum atomic E-state index is 12.6. The third-order valence-corrected chi connectivity index (χ3v) is 4.08. The lowest BCUT2D eigenvalue weighted by atomic mass is 10.00. The lowest BCUT2D eigenvalue weighted by Gasteiger charge is -2.30. The normalized spacial score (nSPS) is 18.3. The lowest BCUT2D eigenvalue weighted by molar-refractivity contribution is 0.0677. The van der Waals surface area contributed by atoms with E-state index in [1.165, 1.54) is 19.3 Å². The molecule has 0 aromatic carbocycles. The minimum absolute atomic E-state index is 0.0358. The standard InChI is InChI=1S/C17H28N4O/c1-4-5-6-9-18-17-19-14(3)11-15(20-17)16(22)21-10-7-8-13(2)12-21/h11,13H,4-10,12H2,1-3H3,(H,18,19,20). The summed E-state index contributed by atoms with van der Waals surface area (Å²) >= 11 is 0. The summed E-state index contributed by atoms with van der Waals surface area (Å²) in [6.45, 7) is 8.82. The van der Waals surface area contributed by atoms with Crippen molar-refractivity contribution in [1.29, 1.82) is 0 Å². The summed E-state index contributed by atoms with van der Waals surface area (Å²) in [7, 11) is 0. The summed E-state index contributed by atoms with van der Waals surface area (Å²) in [6, 6.07) is 1.79. The molecule has 1 aromatic rings. The van der Waals surface area contributed by atoms with Crippen LogP contribution in [-0.2, 0) is 0 Å². The molecule has 1 aromatic heterocycles. The molecule has 2 rings (SSSR count). The highest BCUT2D eigenvalue weighted by Gasteiger charge is 2.23. The molecule has 1 atom stereocenters. The zero-order valence-corrected chi connectivity index (χ0v) is 14.1. The maximum absolute atomic E-state index is 12.6. The van der Waals surface area contributed by atoms with E-state index in [0.717, 1.165) is 38.2 Å². The van der Waals surface area contributed by atoms with E-state index in [2.05, 4.69) is 29.1 Å². The van der Waals surface area contributed by atoms with E-state index >= 15 is 0 Å². The number of anilines is 1. The van der Waals surface area contributed by atoms with Crippen LogP contribution in [0, 0.1) is 12.8 Å². The maximum Gasteiger partial charge on any atom is 0.272 e. The molecule has 1 aliphatic heterocycles. The molecule has 0 aliphatic carbocycles. The van der Waals surface area contributed by atoms with Gasteiger partial charge in [0.25, 0.3) is 5.91 Å². The van der Waals surface area contributed by atoms with Gasteiger partial charge in [-0.3, -0.25) is 4.79 Å². The Morgan fingerprint density at radius 3 is 2.95 bits per heavy atom. The van der Waals surface area contributed by atoms with Crippen molar-refractivity contribution in [2.75, 3.05) is 25.0 Å². The van der Waals surface area contributed by atoms with Gasteiger partial charge in [0, 0.05) is 25.3 Å². The van der Waals surface area contributed by atoms with Crippen LogP contribution >= 0.6 is 0 Å². The van der Waals surface area contributed by atoms with E-state index < -0.39 is 0 Å². The Hall–Kier alpha value is -1.65. The smallest absolute Gasteiger partial charge is 0.272 e. The molecule has 0 bridgehead atoms. The summed E-state index contributed by atoms with van der Waals surface area (Å²) < 4.78 is 0. The quantitative estimate of drug-likeness (QED) is 0.820. The molecule has 1 amide bonds. The van der Waals surface area contributed by atoms with Crippen molar-refractivity contribution in [3.8, 4) is 0 Å². The average molecular weight is 304 g/mol. The Morgan fingerprint density at radius 2 is 2.23 bits per heavy atom. The Morgan fingerprint density at radius 1 is 1.41 bits per heavy atom. The molecule has 5 heteroatoms. The molecule has 1 unspecified atom stereocenters. The molecule has 1 N–H and O–H groups in total. The van der Waals surface area contributed by atoms with Crippen molar-refractivity contribution in [3.05, 3.63) is 17.5 Å². The first-order valence-electron chi connectivity index (χ1n) is 8.49. The number of unbranched alkanes of at least 4 members (excludes halogenated alkanes) is 2. The Labute approximate surface area is 133 Å². The second-order valence-corrected chi connectivity index (χ2v) is 6.35. The van der Waals surface area contributed by atoms with Crippen molar-refractivity contribution < 1.29 is 4.79 Å². The van der Waals surface area contributed by atoms with E-state index in [1.807, 2.05) is 11.8 Å². The van der Waals surface area contributed by atoms with Gasteiger partial charge in [0.2, 0.25) is 5.95 Å². The number of nitrogens with zero attached hydrogens (tertiary/aromatic N) is 3. The van der Waals surface area contributed by atoms with Gasteiger partial charge in [0.05, 0.1) is 0 Å². The third kappa shape index (κ3) is 4.68. The summed E-state index contributed by atoms with van der Waals surface area (Å²) in [5.74, 6) is 1.19. The summed E-state index contributed by atoms with van der Waals surface area (Å²) in [4.78, 5) is 23.4. The Bertz CT molecular complexity index is 503. The molecule has 1 aliphatic rings. The van der Waals surface area contributed by atoms with Crippen LogP contribution in [0.4, 0.5) is 5.95 Å². The average Bonchev–Trinajstić information content (AvgIpc) is 2.50. The fourth-order valence-corrected chi connectivity index (χ4v) is 2.87. The van der Waals surface area contributed by atoms with E-state index in [4.69, 9.17) is 0 Å². The number of aryl methyl sites for hydroxylation is 1. The predicted octanol–water partition coefficient (Wildman–Crippen LogP) is 3.26. The van der Waals surface area contributed by atoms with Crippen LogP contribution in [0.2, 0.25) is 0 Å². The number of carbonyl (C=O) groups is 1.